The van der Waals surface area contributed by atoms with E-state index in [1.54, 1.807) is 0 Å². The van der Waals surface area contributed by atoms with Crippen LogP contribution in [0.1, 0.15) is 26.7 Å². The zero-order valence-electron chi connectivity index (χ0n) is 9.25. The van der Waals surface area contributed by atoms with Gasteiger partial charge in [0.05, 0.1) is 6.61 Å². The van der Waals surface area contributed by atoms with Gasteiger partial charge < -0.3 is 5.11 Å². The van der Waals surface area contributed by atoms with Gasteiger partial charge in [-0.25, -0.2) is 0 Å². The molecule has 1 fully saturated rings. The molecular formula is C11H22BrNO. The first-order valence-electron chi connectivity index (χ1n) is 5.60. The van der Waals surface area contributed by atoms with Gasteiger partial charge in [-0.05, 0) is 31.2 Å². The molecule has 1 saturated heterocycles. The molecule has 0 aromatic carbocycles. The minimum atomic E-state index is 0.326. The third-order valence-corrected chi connectivity index (χ3v) is 4.15. The van der Waals surface area contributed by atoms with Crippen LogP contribution < -0.4 is 0 Å². The summed E-state index contributed by atoms with van der Waals surface area (Å²) in [6.07, 6.45) is 2.42. The molecule has 84 valence electrons. The molecule has 14 heavy (non-hydrogen) atoms. The summed E-state index contributed by atoms with van der Waals surface area (Å²) in [4.78, 5) is 2.45. The van der Waals surface area contributed by atoms with Crippen LogP contribution in [0, 0.1) is 11.8 Å². The predicted octanol–water partition coefficient (Wildman–Crippen LogP) is 2.11. The van der Waals surface area contributed by atoms with Gasteiger partial charge >= 0.3 is 0 Å². The van der Waals surface area contributed by atoms with Crippen LogP contribution in [-0.2, 0) is 0 Å². The van der Waals surface area contributed by atoms with E-state index < -0.39 is 0 Å². The summed E-state index contributed by atoms with van der Waals surface area (Å²) in [6.45, 7) is 7.18. The number of halogens is 1. The number of aliphatic hydroxyl groups is 1. The second-order valence-electron chi connectivity index (χ2n) is 4.63. The molecule has 1 aliphatic heterocycles. The van der Waals surface area contributed by atoms with Crippen LogP contribution in [0.2, 0.25) is 0 Å². The molecule has 3 heteroatoms. The lowest BCUT2D eigenvalue weighted by molar-refractivity contribution is 0.136. The fraction of sp³-hybridized carbons (Fsp3) is 1.00. The first-order chi connectivity index (χ1) is 6.69. The summed E-state index contributed by atoms with van der Waals surface area (Å²) < 4.78 is 0. The maximum Gasteiger partial charge on any atom is 0.0586 e. The smallest absolute Gasteiger partial charge is 0.0586 e. The minimum absolute atomic E-state index is 0.326. The lowest BCUT2D eigenvalue weighted by atomic mass is 9.97. The Balaban J connectivity index is 2.41. The van der Waals surface area contributed by atoms with Crippen molar-refractivity contribution in [3.63, 3.8) is 0 Å². The highest BCUT2D eigenvalue weighted by Crippen LogP contribution is 2.22. The Morgan fingerprint density at radius 2 is 2.21 bits per heavy atom. The maximum absolute atomic E-state index is 9.21. The Bertz CT molecular complexity index is 163. The molecule has 1 heterocycles. The third-order valence-electron chi connectivity index (χ3n) is 3.32. The maximum atomic E-state index is 9.21. The van der Waals surface area contributed by atoms with Crippen LogP contribution in [0.25, 0.3) is 0 Å². The lowest BCUT2D eigenvalue weighted by Crippen LogP contribution is -2.38. The van der Waals surface area contributed by atoms with Gasteiger partial charge in [0.25, 0.3) is 0 Å². The van der Waals surface area contributed by atoms with E-state index in [9.17, 15) is 5.11 Å². The predicted molar refractivity (Wildman–Crippen MR) is 63.8 cm³/mol. The van der Waals surface area contributed by atoms with Crippen molar-refractivity contribution in [2.75, 3.05) is 25.0 Å². The molecule has 0 saturated carbocycles. The van der Waals surface area contributed by atoms with Gasteiger partial charge in [0.2, 0.25) is 0 Å². The number of likely N-dealkylation sites (tertiary alicyclic amines) is 1. The Morgan fingerprint density at radius 3 is 2.71 bits per heavy atom. The van der Waals surface area contributed by atoms with E-state index in [0.29, 0.717) is 24.5 Å². The molecule has 0 aromatic rings. The highest BCUT2D eigenvalue weighted by Gasteiger charge is 2.26. The van der Waals surface area contributed by atoms with Crippen molar-refractivity contribution in [2.24, 2.45) is 11.8 Å². The van der Waals surface area contributed by atoms with Crippen LogP contribution in [0.4, 0.5) is 0 Å². The summed E-state index contributed by atoms with van der Waals surface area (Å²) in [5.41, 5.74) is 0. The number of hydrogen-bond acceptors (Lipinski definition) is 2. The van der Waals surface area contributed by atoms with Crippen LogP contribution >= 0.6 is 15.9 Å². The number of hydrogen-bond donors (Lipinski definition) is 1. The lowest BCUT2D eigenvalue weighted by Gasteiger charge is -2.29. The summed E-state index contributed by atoms with van der Waals surface area (Å²) in [5.74, 6) is 1.43. The first-order valence-corrected chi connectivity index (χ1v) is 6.72. The average Bonchev–Trinajstić information content (AvgIpc) is 2.60. The van der Waals surface area contributed by atoms with Crippen molar-refractivity contribution < 1.29 is 5.11 Å². The van der Waals surface area contributed by atoms with E-state index in [4.69, 9.17) is 0 Å². The number of aliphatic hydroxyl groups excluding tert-OH is 1. The highest BCUT2D eigenvalue weighted by atomic mass is 79.9. The Labute approximate surface area is 95.8 Å². The van der Waals surface area contributed by atoms with Crippen LogP contribution in [0.5, 0.6) is 0 Å². The van der Waals surface area contributed by atoms with Crippen molar-refractivity contribution in [1.82, 2.24) is 4.90 Å². The molecule has 1 rings (SSSR count). The van der Waals surface area contributed by atoms with Crippen LogP contribution in [0.15, 0.2) is 0 Å². The molecule has 0 amide bonds. The molecule has 0 radical (unpaired) electrons. The van der Waals surface area contributed by atoms with Crippen molar-refractivity contribution >= 4 is 15.9 Å². The van der Waals surface area contributed by atoms with E-state index >= 15 is 0 Å². The SMILES string of the molecule is CC(C)C(CBr)CN1CCCC1CO. The summed E-state index contributed by atoms with van der Waals surface area (Å²) in [5, 5.41) is 10.3. The van der Waals surface area contributed by atoms with Gasteiger partial charge in [-0.15, -0.1) is 0 Å². The van der Waals surface area contributed by atoms with Crippen molar-refractivity contribution in [3.05, 3.63) is 0 Å². The Hall–Kier alpha value is 0.400. The summed E-state index contributed by atoms with van der Waals surface area (Å²) >= 11 is 3.58. The molecule has 0 aliphatic carbocycles. The number of rotatable bonds is 5. The van der Waals surface area contributed by atoms with Gasteiger partial charge in [-0.3, -0.25) is 4.90 Å². The van der Waals surface area contributed by atoms with E-state index in [1.807, 2.05) is 0 Å². The molecule has 1 N–H and O–H groups in total. The van der Waals surface area contributed by atoms with Gasteiger partial charge in [0.15, 0.2) is 0 Å². The van der Waals surface area contributed by atoms with Gasteiger partial charge in [0.1, 0.15) is 0 Å². The van der Waals surface area contributed by atoms with Crippen LogP contribution in [-0.4, -0.2) is 41.1 Å². The van der Waals surface area contributed by atoms with Crippen molar-refractivity contribution in [1.29, 1.82) is 0 Å². The molecule has 2 unspecified atom stereocenters. The minimum Gasteiger partial charge on any atom is -0.395 e. The molecule has 2 atom stereocenters. The summed E-state index contributed by atoms with van der Waals surface area (Å²) in [7, 11) is 0. The Morgan fingerprint density at radius 1 is 1.50 bits per heavy atom. The highest BCUT2D eigenvalue weighted by molar-refractivity contribution is 9.09. The molecular weight excluding hydrogens is 242 g/mol. The van der Waals surface area contributed by atoms with Crippen molar-refractivity contribution in [3.8, 4) is 0 Å². The zero-order chi connectivity index (χ0) is 10.6. The fourth-order valence-electron chi connectivity index (χ4n) is 2.08. The third kappa shape index (κ3) is 3.21. The second kappa shape index (κ2) is 6.09. The van der Waals surface area contributed by atoms with E-state index in [2.05, 4.69) is 34.7 Å². The first kappa shape index (κ1) is 12.5. The van der Waals surface area contributed by atoms with Gasteiger partial charge in [-0.1, -0.05) is 29.8 Å². The standard InChI is InChI=1S/C11H22BrNO/c1-9(2)10(6-12)7-13-5-3-4-11(13)8-14/h9-11,14H,3-8H2,1-2H3. The van der Waals surface area contributed by atoms with E-state index in [1.165, 1.54) is 19.4 Å². The largest absolute Gasteiger partial charge is 0.395 e. The molecule has 0 bridgehead atoms. The van der Waals surface area contributed by atoms with E-state index in [0.717, 1.165) is 11.9 Å². The van der Waals surface area contributed by atoms with Crippen molar-refractivity contribution in [2.45, 2.75) is 32.7 Å². The topological polar surface area (TPSA) is 23.5 Å². The average molecular weight is 264 g/mol. The monoisotopic (exact) mass is 263 g/mol. The quantitative estimate of drug-likeness (QED) is 0.769. The number of nitrogens with zero attached hydrogens (tertiary/aromatic N) is 1. The molecule has 1 aliphatic rings. The summed E-state index contributed by atoms with van der Waals surface area (Å²) in [6, 6.07) is 0.426. The van der Waals surface area contributed by atoms with E-state index in [-0.39, 0.29) is 0 Å². The fourth-order valence-corrected chi connectivity index (χ4v) is 3.03. The zero-order valence-corrected chi connectivity index (χ0v) is 10.8. The van der Waals surface area contributed by atoms with Gasteiger partial charge in [-0.2, -0.15) is 0 Å². The Kier molecular flexibility index (Phi) is 5.42. The molecule has 0 aromatic heterocycles. The molecule has 2 nitrogen and oxygen atoms in total. The molecule has 0 spiro atoms. The normalized spacial score (nSPS) is 25.9. The second-order valence-corrected chi connectivity index (χ2v) is 5.28. The number of alkyl halides is 1. The van der Waals surface area contributed by atoms with Gasteiger partial charge in [0, 0.05) is 17.9 Å². The van der Waals surface area contributed by atoms with Crippen LogP contribution in [0.3, 0.4) is 0 Å².